The number of benzene rings is 1. The van der Waals surface area contributed by atoms with E-state index in [0.717, 1.165) is 0 Å². The van der Waals surface area contributed by atoms with Crippen molar-refractivity contribution in [3.63, 3.8) is 0 Å². The quantitative estimate of drug-likeness (QED) is 0.586. The number of nitrogens with zero attached hydrogens (tertiary/aromatic N) is 1. The van der Waals surface area contributed by atoms with Crippen LogP contribution in [0.2, 0.25) is 5.02 Å². The molecule has 0 radical (unpaired) electrons. The zero-order chi connectivity index (χ0) is 11.1. The molecule has 80 valence electrons. The Bertz CT molecular complexity index is 418. The summed E-state index contributed by atoms with van der Waals surface area (Å²) in [5, 5.41) is 23.4. The molecule has 0 unspecified atom stereocenters. The van der Waals surface area contributed by atoms with Gasteiger partial charge in [0.15, 0.2) is 0 Å². The summed E-state index contributed by atoms with van der Waals surface area (Å²) in [7, 11) is 0. The van der Waals surface area contributed by atoms with Gasteiger partial charge in [0.2, 0.25) is 0 Å². The first-order valence-corrected chi connectivity index (χ1v) is 4.78. The molecule has 0 atom stereocenters. The third-order valence-electron chi connectivity index (χ3n) is 2.52. The minimum atomic E-state index is -0.932. The van der Waals surface area contributed by atoms with Crippen molar-refractivity contribution in [2.75, 3.05) is 13.1 Å². The number of nitro benzene ring substituents is 1. The van der Waals surface area contributed by atoms with Crippen molar-refractivity contribution in [2.24, 2.45) is 0 Å². The van der Waals surface area contributed by atoms with Crippen LogP contribution in [0.1, 0.15) is 5.56 Å². The highest BCUT2D eigenvalue weighted by atomic mass is 35.5. The molecule has 15 heavy (non-hydrogen) atoms. The maximum absolute atomic E-state index is 10.5. The molecule has 1 aliphatic heterocycles. The van der Waals surface area contributed by atoms with Gasteiger partial charge in [-0.2, -0.15) is 0 Å². The normalized spacial score (nSPS) is 18.3. The Morgan fingerprint density at radius 3 is 2.60 bits per heavy atom. The third-order valence-corrected chi connectivity index (χ3v) is 2.82. The molecule has 0 saturated carbocycles. The number of nitro groups is 1. The number of β-amino-alcohol motifs (C(OH)–C–C–N with tert-alkyl or cyclic N) is 1. The fraction of sp³-hybridized carbons (Fsp3) is 0.333. The molecule has 1 aromatic carbocycles. The van der Waals surface area contributed by atoms with Crippen molar-refractivity contribution in [3.8, 4) is 0 Å². The topological polar surface area (TPSA) is 75.4 Å². The minimum Gasteiger partial charge on any atom is -0.382 e. The van der Waals surface area contributed by atoms with E-state index >= 15 is 0 Å². The van der Waals surface area contributed by atoms with Gasteiger partial charge in [0.05, 0.1) is 4.92 Å². The van der Waals surface area contributed by atoms with Crippen molar-refractivity contribution in [1.82, 2.24) is 5.32 Å². The van der Waals surface area contributed by atoms with Crippen LogP contribution < -0.4 is 5.32 Å². The second kappa shape index (κ2) is 3.44. The highest BCUT2D eigenvalue weighted by Gasteiger charge is 2.36. The first kappa shape index (κ1) is 10.4. The zero-order valence-electron chi connectivity index (χ0n) is 7.74. The van der Waals surface area contributed by atoms with E-state index in [2.05, 4.69) is 5.32 Å². The van der Waals surface area contributed by atoms with Crippen molar-refractivity contribution in [3.05, 3.63) is 38.9 Å². The molecular formula is C9H9ClN2O3. The molecule has 0 bridgehead atoms. The molecule has 1 fully saturated rings. The lowest BCUT2D eigenvalue weighted by Crippen LogP contribution is -2.56. The molecule has 0 spiro atoms. The Morgan fingerprint density at radius 1 is 1.53 bits per heavy atom. The summed E-state index contributed by atoms with van der Waals surface area (Å²) in [4.78, 5) is 9.97. The van der Waals surface area contributed by atoms with Crippen LogP contribution in [0, 0.1) is 10.1 Å². The highest BCUT2D eigenvalue weighted by molar-refractivity contribution is 6.32. The summed E-state index contributed by atoms with van der Waals surface area (Å²) in [6.45, 7) is 0.891. The van der Waals surface area contributed by atoms with Crippen LogP contribution in [0.4, 0.5) is 5.69 Å². The van der Waals surface area contributed by atoms with Gasteiger partial charge in [-0.25, -0.2) is 0 Å². The monoisotopic (exact) mass is 228 g/mol. The van der Waals surface area contributed by atoms with Gasteiger partial charge < -0.3 is 10.4 Å². The minimum absolute atomic E-state index is 0.0535. The number of rotatable bonds is 2. The molecule has 0 amide bonds. The van der Waals surface area contributed by atoms with E-state index in [9.17, 15) is 15.2 Å². The van der Waals surface area contributed by atoms with E-state index in [-0.39, 0.29) is 10.7 Å². The number of nitrogens with one attached hydrogen (secondary N) is 1. The Balaban J connectivity index is 2.37. The lowest BCUT2D eigenvalue weighted by molar-refractivity contribution is -0.384. The number of aliphatic hydroxyl groups is 1. The summed E-state index contributed by atoms with van der Waals surface area (Å²) in [5.41, 5.74) is -0.466. The number of hydrogen-bond acceptors (Lipinski definition) is 4. The maximum Gasteiger partial charge on any atom is 0.287 e. The predicted molar refractivity (Wildman–Crippen MR) is 54.9 cm³/mol. The lowest BCUT2D eigenvalue weighted by atomic mass is 9.88. The Labute approximate surface area is 90.8 Å². The third kappa shape index (κ3) is 1.69. The van der Waals surface area contributed by atoms with Gasteiger partial charge in [-0.15, -0.1) is 0 Å². The van der Waals surface area contributed by atoms with Crippen molar-refractivity contribution < 1.29 is 10.0 Å². The molecule has 1 aliphatic rings. The Morgan fingerprint density at radius 2 is 2.20 bits per heavy atom. The van der Waals surface area contributed by atoms with Crippen LogP contribution in [0.15, 0.2) is 18.2 Å². The summed E-state index contributed by atoms with van der Waals surface area (Å²) >= 11 is 5.74. The van der Waals surface area contributed by atoms with E-state index in [0.29, 0.717) is 18.7 Å². The smallest absolute Gasteiger partial charge is 0.287 e. The fourth-order valence-corrected chi connectivity index (χ4v) is 1.76. The van der Waals surface area contributed by atoms with Crippen molar-refractivity contribution in [2.45, 2.75) is 5.60 Å². The van der Waals surface area contributed by atoms with Gasteiger partial charge in [0.1, 0.15) is 10.6 Å². The summed E-state index contributed by atoms with van der Waals surface area (Å²) < 4.78 is 0. The van der Waals surface area contributed by atoms with Crippen molar-refractivity contribution >= 4 is 17.3 Å². The Kier molecular flexibility index (Phi) is 2.38. The standard InChI is InChI=1S/C9H9ClN2O3/c10-7-3-6(9(13)4-11-5-9)1-2-8(7)12(14)15/h1-3,11,13H,4-5H2. The van der Waals surface area contributed by atoms with Crippen LogP contribution in [0.25, 0.3) is 0 Å². The van der Waals surface area contributed by atoms with Gasteiger partial charge in [0.25, 0.3) is 5.69 Å². The molecule has 5 nitrogen and oxygen atoms in total. The molecule has 2 rings (SSSR count). The molecule has 2 N–H and O–H groups in total. The van der Waals surface area contributed by atoms with Crippen molar-refractivity contribution in [1.29, 1.82) is 0 Å². The second-order valence-corrected chi connectivity index (χ2v) is 3.97. The first-order valence-electron chi connectivity index (χ1n) is 4.40. The summed E-state index contributed by atoms with van der Waals surface area (Å²) in [5.74, 6) is 0. The molecule has 6 heteroatoms. The average molecular weight is 229 g/mol. The van der Waals surface area contributed by atoms with E-state index in [1.165, 1.54) is 18.2 Å². The lowest BCUT2D eigenvalue weighted by Gasteiger charge is -2.38. The zero-order valence-corrected chi connectivity index (χ0v) is 8.49. The van der Waals surface area contributed by atoms with E-state index < -0.39 is 10.5 Å². The van der Waals surface area contributed by atoms with Gasteiger partial charge in [0, 0.05) is 19.2 Å². The summed E-state index contributed by atoms with van der Waals surface area (Å²) in [6.07, 6.45) is 0. The summed E-state index contributed by atoms with van der Waals surface area (Å²) in [6, 6.07) is 4.29. The van der Waals surface area contributed by atoms with Gasteiger partial charge in [-0.05, 0) is 17.7 Å². The van der Waals surface area contributed by atoms with E-state index in [1.54, 1.807) is 0 Å². The van der Waals surface area contributed by atoms with E-state index in [4.69, 9.17) is 11.6 Å². The van der Waals surface area contributed by atoms with Gasteiger partial charge in [-0.3, -0.25) is 10.1 Å². The van der Waals surface area contributed by atoms with Gasteiger partial charge >= 0.3 is 0 Å². The molecule has 0 aliphatic carbocycles. The molecule has 1 heterocycles. The predicted octanol–water partition coefficient (Wildman–Crippen LogP) is 1.04. The van der Waals surface area contributed by atoms with Crippen LogP contribution in [0.5, 0.6) is 0 Å². The SMILES string of the molecule is O=[N+]([O-])c1ccc(C2(O)CNC2)cc1Cl. The molecule has 1 aromatic rings. The van der Waals surface area contributed by atoms with Crippen LogP contribution in [-0.2, 0) is 5.60 Å². The number of halogens is 1. The number of hydrogen-bond donors (Lipinski definition) is 2. The second-order valence-electron chi connectivity index (χ2n) is 3.56. The van der Waals surface area contributed by atoms with Crippen LogP contribution in [-0.4, -0.2) is 23.1 Å². The average Bonchev–Trinajstić information content (AvgIpc) is 2.13. The van der Waals surface area contributed by atoms with E-state index in [1.807, 2.05) is 0 Å². The molecule has 0 aromatic heterocycles. The first-order chi connectivity index (χ1) is 7.03. The fourth-order valence-electron chi connectivity index (χ4n) is 1.51. The molecule has 1 saturated heterocycles. The van der Waals surface area contributed by atoms with Crippen LogP contribution in [0.3, 0.4) is 0 Å². The van der Waals surface area contributed by atoms with Gasteiger partial charge in [-0.1, -0.05) is 11.6 Å². The molecular weight excluding hydrogens is 220 g/mol. The van der Waals surface area contributed by atoms with Crippen LogP contribution >= 0.6 is 11.6 Å². The highest BCUT2D eigenvalue weighted by Crippen LogP contribution is 2.31. The Hall–Kier alpha value is -1.17. The largest absolute Gasteiger partial charge is 0.382 e. The maximum atomic E-state index is 10.5.